The van der Waals surface area contributed by atoms with E-state index in [0.717, 1.165) is 16.8 Å². The van der Waals surface area contributed by atoms with Crippen LogP contribution in [0.15, 0.2) is 48.5 Å². The molecule has 0 saturated heterocycles. The fourth-order valence-electron chi connectivity index (χ4n) is 3.09. The maximum atomic E-state index is 13.7. The summed E-state index contributed by atoms with van der Waals surface area (Å²) in [6, 6.07) is 12.3. The Kier molecular flexibility index (Phi) is 4.24. The monoisotopic (exact) mass is 371 g/mol. The molecule has 2 aromatic carbocycles. The zero-order chi connectivity index (χ0) is 18.3. The van der Waals surface area contributed by atoms with Gasteiger partial charge in [0.05, 0.1) is 22.4 Å². The number of nitrogens with zero attached hydrogens (tertiary/aromatic N) is 2. The lowest BCUT2D eigenvalue weighted by Crippen LogP contribution is -2.15. The van der Waals surface area contributed by atoms with Crippen LogP contribution >= 0.6 is 11.8 Å². The molecule has 7 heteroatoms. The van der Waals surface area contributed by atoms with E-state index in [4.69, 9.17) is 0 Å². The van der Waals surface area contributed by atoms with E-state index in [0.29, 0.717) is 11.5 Å². The Balaban J connectivity index is 1.89. The van der Waals surface area contributed by atoms with Crippen LogP contribution in [0.3, 0.4) is 0 Å². The smallest absolute Gasteiger partial charge is 0.235 e. The average molecular weight is 371 g/mol. The summed E-state index contributed by atoms with van der Waals surface area (Å²) in [5, 5.41) is 7.20. The number of benzene rings is 2. The number of carbonyl (C=O) groups excluding carboxylic acids is 1. The molecule has 1 aliphatic rings. The van der Waals surface area contributed by atoms with Crippen molar-refractivity contribution in [3.63, 3.8) is 0 Å². The third-order valence-electron chi connectivity index (χ3n) is 4.23. The van der Waals surface area contributed by atoms with Crippen molar-refractivity contribution in [3.05, 3.63) is 77.0 Å². The summed E-state index contributed by atoms with van der Waals surface area (Å²) in [7, 11) is 0. The zero-order valence-electron chi connectivity index (χ0n) is 13.9. The van der Waals surface area contributed by atoms with E-state index in [-0.39, 0.29) is 28.5 Å². The number of hydrogen-bond donors (Lipinski definition) is 1. The standard InChI is InChI=1S/C19H15F2N3OS/c1-11-17-18(12-3-2-4-14(21)9-12)26-10-16(25)22-19(17)24(23-11)15-7-5-13(20)6-8-15/h2-9,18H,10H2,1H3,(H,22,25)/t18-/m1/s1. The first-order chi connectivity index (χ1) is 12.5. The van der Waals surface area contributed by atoms with Crippen molar-refractivity contribution >= 4 is 23.5 Å². The molecular weight excluding hydrogens is 356 g/mol. The van der Waals surface area contributed by atoms with Gasteiger partial charge < -0.3 is 5.32 Å². The number of halogens is 2. The first-order valence-electron chi connectivity index (χ1n) is 8.05. The molecule has 1 N–H and O–H groups in total. The van der Waals surface area contributed by atoms with Gasteiger partial charge in [-0.15, -0.1) is 11.8 Å². The molecule has 4 rings (SSSR count). The molecule has 0 unspecified atom stereocenters. The van der Waals surface area contributed by atoms with Crippen molar-refractivity contribution in [3.8, 4) is 5.69 Å². The van der Waals surface area contributed by atoms with Crippen LogP contribution in [-0.2, 0) is 4.79 Å². The van der Waals surface area contributed by atoms with Crippen LogP contribution in [0.4, 0.5) is 14.6 Å². The Bertz CT molecular complexity index is 985. The van der Waals surface area contributed by atoms with Gasteiger partial charge in [-0.1, -0.05) is 12.1 Å². The lowest BCUT2D eigenvalue weighted by Gasteiger charge is -2.15. The normalized spacial score (nSPS) is 16.7. The minimum Gasteiger partial charge on any atom is -0.310 e. The van der Waals surface area contributed by atoms with E-state index in [2.05, 4.69) is 10.4 Å². The molecule has 1 amide bonds. The predicted molar refractivity (Wildman–Crippen MR) is 97.6 cm³/mol. The summed E-state index contributed by atoms with van der Waals surface area (Å²) in [6.07, 6.45) is 0. The van der Waals surface area contributed by atoms with Crippen molar-refractivity contribution in [1.29, 1.82) is 0 Å². The number of amides is 1. The second-order valence-corrected chi connectivity index (χ2v) is 7.12. The molecule has 2 heterocycles. The Hall–Kier alpha value is -2.67. The molecule has 0 aliphatic carbocycles. The molecule has 0 spiro atoms. The largest absolute Gasteiger partial charge is 0.310 e. The number of thioether (sulfide) groups is 1. The SMILES string of the molecule is Cc1nn(-c2ccc(F)cc2)c2c1[C@@H](c1cccc(F)c1)SCC(=O)N2. The van der Waals surface area contributed by atoms with Gasteiger partial charge in [-0.25, -0.2) is 13.5 Å². The number of fused-ring (bicyclic) bond motifs is 1. The van der Waals surface area contributed by atoms with Crippen LogP contribution in [0.5, 0.6) is 0 Å². The number of aryl methyl sites for hydroxylation is 1. The topological polar surface area (TPSA) is 46.9 Å². The Morgan fingerprint density at radius 3 is 2.65 bits per heavy atom. The quantitative estimate of drug-likeness (QED) is 0.733. The number of nitrogens with one attached hydrogen (secondary N) is 1. The van der Waals surface area contributed by atoms with E-state index < -0.39 is 0 Å². The first-order valence-corrected chi connectivity index (χ1v) is 9.10. The number of carbonyl (C=O) groups is 1. The molecule has 1 aromatic heterocycles. The zero-order valence-corrected chi connectivity index (χ0v) is 14.7. The molecule has 1 aliphatic heterocycles. The van der Waals surface area contributed by atoms with Crippen LogP contribution in [0.25, 0.3) is 5.69 Å². The summed E-state index contributed by atoms with van der Waals surface area (Å²) in [4.78, 5) is 12.2. The number of hydrogen-bond acceptors (Lipinski definition) is 3. The predicted octanol–water partition coefficient (Wildman–Crippen LogP) is 4.23. The van der Waals surface area contributed by atoms with Crippen LogP contribution < -0.4 is 5.32 Å². The number of anilines is 1. The molecule has 0 radical (unpaired) electrons. The minimum atomic E-state index is -0.346. The molecule has 26 heavy (non-hydrogen) atoms. The Morgan fingerprint density at radius 2 is 1.92 bits per heavy atom. The third kappa shape index (κ3) is 2.99. The lowest BCUT2D eigenvalue weighted by molar-refractivity contribution is -0.113. The fourth-order valence-corrected chi connectivity index (χ4v) is 4.26. The van der Waals surface area contributed by atoms with E-state index in [1.165, 1.54) is 36.0 Å². The van der Waals surface area contributed by atoms with Crippen molar-refractivity contribution in [2.24, 2.45) is 0 Å². The van der Waals surface area contributed by atoms with Crippen LogP contribution in [0.2, 0.25) is 0 Å². The molecule has 1 atom stereocenters. The summed E-state index contributed by atoms with van der Waals surface area (Å²) < 4.78 is 28.6. The van der Waals surface area contributed by atoms with Crippen molar-refractivity contribution in [1.82, 2.24) is 9.78 Å². The van der Waals surface area contributed by atoms with E-state index in [9.17, 15) is 13.6 Å². The molecule has 4 nitrogen and oxygen atoms in total. The molecule has 0 saturated carbocycles. The molecular formula is C19H15F2N3OS. The molecule has 132 valence electrons. The molecule has 3 aromatic rings. The van der Waals surface area contributed by atoms with E-state index >= 15 is 0 Å². The van der Waals surface area contributed by atoms with Crippen LogP contribution in [-0.4, -0.2) is 21.4 Å². The van der Waals surface area contributed by atoms with Gasteiger partial charge in [-0.2, -0.15) is 5.10 Å². The highest BCUT2D eigenvalue weighted by Gasteiger charge is 2.30. The summed E-state index contributed by atoms with van der Waals surface area (Å²) >= 11 is 1.43. The van der Waals surface area contributed by atoms with Gasteiger partial charge in [-0.05, 0) is 48.9 Å². The maximum absolute atomic E-state index is 13.7. The fraction of sp³-hybridized carbons (Fsp3) is 0.158. The van der Waals surface area contributed by atoms with E-state index in [1.807, 2.05) is 13.0 Å². The Morgan fingerprint density at radius 1 is 1.15 bits per heavy atom. The number of rotatable bonds is 2. The summed E-state index contributed by atoms with van der Waals surface area (Å²) in [5.74, 6) is -0.0341. The minimum absolute atomic E-state index is 0.154. The lowest BCUT2D eigenvalue weighted by atomic mass is 10.0. The van der Waals surface area contributed by atoms with Gasteiger partial charge in [0, 0.05) is 5.56 Å². The summed E-state index contributed by atoms with van der Waals surface area (Å²) in [6.45, 7) is 1.85. The molecule has 0 fully saturated rings. The second kappa shape index (κ2) is 6.57. The van der Waals surface area contributed by atoms with Crippen molar-refractivity contribution in [2.75, 3.05) is 11.1 Å². The van der Waals surface area contributed by atoms with Crippen LogP contribution in [0, 0.1) is 18.6 Å². The van der Waals surface area contributed by atoms with Crippen molar-refractivity contribution in [2.45, 2.75) is 12.2 Å². The third-order valence-corrected chi connectivity index (χ3v) is 5.50. The summed E-state index contributed by atoms with van der Waals surface area (Å²) in [5.41, 5.74) is 2.97. The second-order valence-electron chi connectivity index (χ2n) is 6.03. The highest BCUT2D eigenvalue weighted by molar-refractivity contribution is 8.00. The average Bonchev–Trinajstić information content (AvgIpc) is 2.82. The highest BCUT2D eigenvalue weighted by Crippen LogP contribution is 2.43. The van der Waals surface area contributed by atoms with Gasteiger partial charge in [0.1, 0.15) is 17.5 Å². The van der Waals surface area contributed by atoms with Gasteiger partial charge >= 0.3 is 0 Å². The van der Waals surface area contributed by atoms with Crippen molar-refractivity contribution < 1.29 is 13.6 Å². The van der Waals surface area contributed by atoms with Crippen LogP contribution in [0.1, 0.15) is 22.1 Å². The van der Waals surface area contributed by atoms with E-state index in [1.54, 1.807) is 22.9 Å². The van der Waals surface area contributed by atoms with Gasteiger partial charge in [0.15, 0.2) is 0 Å². The number of aromatic nitrogens is 2. The Labute approximate surface area is 153 Å². The highest BCUT2D eigenvalue weighted by atomic mass is 32.2. The first kappa shape index (κ1) is 16.8. The van der Waals surface area contributed by atoms with Gasteiger partial charge in [-0.3, -0.25) is 4.79 Å². The maximum Gasteiger partial charge on any atom is 0.235 e. The van der Waals surface area contributed by atoms with Gasteiger partial charge in [0.25, 0.3) is 0 Å². The van der Waals surface area contributed by atoms with Gasteiger partial charge in [0.2, 0.25) is 5.91 Å². The molecule has 0 bridgehead atoms.